The first-order chi connectivity index (χ1) is 15.0. The number of aromatic nitrogens is 2. The fourth-order valence-corrected chi connectivity index (χ4v) is 3.79. The van der Waals surface area contributed by atoms with Crippen molar-refractivity contribution in [3.8, 4) is 5.75 Å². The lowest BCUT2D eigenvalue weighted by Gasteiger charge is -2.28. The van der Waals surface area contributed by atoms with Crippen molar-refractivity contribution in [1.29, 1.82) is 0 Å². The number of hydrogen-bond donors (Lipinski definition) is 1. The molecule has 0 bridgehead atoms. The Morgan fingerprint density at radius 3 is 2.77 bits per heavy atom. The number of ether oxygens (including phenoxy) is 2. The Morgan fingerprint density at radius 1 is 1.26 bits per heavy atom. The molecule has 2 unspecified atom stereocenters. The number of H-pyrrole nitrogens is 1. The van der Waals surface area contributed by atoms with E-state index in [4.69, 9.17) is 9.47 Å². The number of nitrogens with zero attached hydrogens (tertiary/aromatic N) is 2. The van der Waals surface area contributed by atoms with Crippen molar-refractivity contribution in [2.75, 3.05) is 13.2 Å². The van der Waals surface area contributed by atoms with E-state index in [0.29, 0.717) is 35.6 Å². The van der Waals surface area contributed by atoms with Gasteiger partial charge in [-0.1, -0.05) is 29.8 Å². The molecule has 0 radical (unpaired) electrons. The molecule has 3 aromatic rings. The zero-order valence-corrected chi connectivity index (χ0v) is 17.8. The second-order valence-corrected chi connectivity index (χ2v) is 7.96. The van der Waals surface area contributed by atoms with Crippen LogP contribution < -0.4 is 10.3 Å². The van der Waals surface area contributed by atoms with E-state index in [2.05, 4.69) is 9.97 Å². The number of benzene rings is 2. The maximum atomic E-state index is 13.3. The van der Waals surface area contributed by atoms with Crippen LogP contribution in [0.25, 0.3) is 10.9 Å². The Labute approximate surface area is 181 Å². The van der Waals surface area contributed by atoms with E-state index in [1.165, 1.54) is 0 Å². The number of nitrogens with one attached hydrogen (secondary N) is 1. The molecule has 2 atom stereocenters. The summed E-state index contributed by atoms with van der Waals surface area (Å²) < 4.78 is 11.6. The van der Waals surface area contributed by atoms with Gasteiger partial charge in [0.1, 0.15) is 11.6 Å². The van der Waals surface area contributed by atoms with Gasteiger partial charge in [0, 0.05) is 13.2 Å². The van der Waals surface area contributed by atoms with Gasteiger partial charge >= 0.3 is 0 Å². The summed E-state index contributed by atoms with van der Waals surface area (Å²) in [4.78, 5) is 34.8. The highest BCUT2D eigenvalue weighted by Gasteiger charge is 2.27. The number of hydrogen-bond acceptors (Lipinski definition) is 5. The molecule has 0 aliphatic carbocycles. The minimum Gasteiger partial charge on any atom is -0.481 e. The van der Waals surface area contributed by atoms with Crippen molar-refractivity contribution >= 4 is 16.8 Å². The SMILES string of the molecule is Cc1ccc(OC(C)C(=O)N(Cc2nc3ccccc3c(=O)[nH]2)CC2CCCO2)cc1. The Morgan fingerprint density at radius 2 is 2.03 bits per heavy atom. The van der Waals surface area contributed by atoms with E-state index in [9.17, 15) is 9.59 Å². The number of fused-ring (bicyclic) bond motifs is 1. The predicted octanol–water partition coefficient (Wildman–Crippen LogP) is 3.21. The molecule has 0 spiro atoms. The molecule has 31 heavy (non-hydrogen) atoms. The fourth-order valence-electron chi connectivity index (χ4n) is 3.79. The molecular weight excluding hydrogens is 394 g/mol. The van der Waals surface area contributed by atoms with E-state index >= 15 is 0 Å². The summed E-state index contributed by atoms with van der Waals surface area (Å²) in [5.74, 6) is 0.908. The van der Waals surface area contributed by atoms with Crippen LogP contribution in [0.15, 0.2) is 53.3 Å². The van der Waals surface area contributed by atoms with Crippen LogP contribution in [0.3, 0.4) is 0 Å². The molecule has 2 heterocycles. The highest BCUT2D eigenvalue weighted by Crippen LogP contribution is 2.18. The van der Waals surface area contributed by atoms with Gasteiger partial charge in [-0.2, -0.15) is 0 Å². The van der Waals surface area contributed by atoms with Crippen LogP contribution in [0.2, 0.25) is 0 Å². The van der Waals surface area contributed by atoms with E-state index in [0.717, 1.165) is 18.4 Å². The van der Waals surface area contributed by atoms with Gasteiger partial charge in [0.15, 0.2) is 6.10 Å². The molecule has 2 aromatic carbocycles. The maximum absolute atomic E-state index is 13.3. The summed E-state index contributed by atoms with van der Waals surface area (Å²) in [5, 5.41) is 0.527. The first kappa shape index (κ1) is 21.1. The van der Waals surface area contributed by atoms with Crippen LogP contribution in [0.1, 0.15) is 31.2 Å². The van der Waals surface area contributed by atoms with Crippen molar-refractivity contribution in [2.24, 2.45) is 0 Å². The highest BCUT2D eigenvalue weighted by molar-refractivity contribution is 5.81. The highest BCUT2D eigenvalue weighted by atomic mass is 16.5. The van der Waals surface area contributed by atoms with Crippen LogP contribution in [0.4, 0.5) is 0 Å². The van der Waals surface area contributed by atoms with Crippen molar-refractivity contribution < 1.29 is 14.3 Å². The van der Waals surface area contributed by atoms with E-state index in [1.807, 2.05) is 37.3 Å². The van der Waals surface area contributed by atoms with E-state index < -0.39 is 6.10 Å². The average molecular weight is 421 g/mol. The molecule has 0 saturated carbocycles. The van der Waals surface area contributed by atoms with Crippen molar-refractivity contribution in [3.63, 3.8) is 0 Å². The minimum absolute atomic E-state index is 0.0253. The number of rotatable bonds is 7. The normalized spacial score (nSPS) is 16.9. The summed E-state index contributed by atoms with van der Waals surface area (Å²) in [6.45, 7) is 5.05. The van der Waals surface area contributed by atoms with Crippen LogP contribution in [-0.4, -0.2) is 46.1 Å². The Kier molecular flexibility index (Phi) is 6.32. The third kappa shape index (κ3) is 5.11. The Balaban J connectivity index is 1.55. The first-order valence-electron chi connectivity index (χ1n) is 10.6. The molecule has 1 amide bonds. The topological polar surface area (TPSA) is 84.5 Å². The number of aromatic amines is 1. The van der Waals surface area contributed by atoms with E-state index in [-0.39, 0.29) is 24.1 Å². The van der Waals surface area contributed by atoms with Crippen LogP contribution >= 0.6 is 0 Å². The summed E-state index contributed by atoms with van der Waals surface area (Å²) in [5.41, 5.74) is 1.52. The fraction of sp³-hybridized carbons (Fsp3) is 0.375. The molecular formula is C24H27N3O4. The molecule has 1 fully saturated rings. The van der Waals surface area contributed by atoms with Crippen molar-refractivity contribution in [3.05, 3.63) is 70.3 Å². The predicted molar refractivity (Wildman–Crippen MR) is 118 cm³/mol. The third-order valence-corrected chi connectivity index (χ3v) is 5.44. The van der Waals surface area contributed by atoms with Gasteiger partial charge in [-0.3, -0.25) is 9.59 Å². The van der Waals surface area contributed by atoms with Gasteiger partial charge in [0.05, 0.1) is 23.6 Å². The first-order valence-corrected chi connectivity index (χ1v) is 10.6. The van der Waals surface area contributed by atoms with Gasteiger partial charge in [0.25, 0.3) is 11.5 Å². The van der Waals surface area contributed by atoms with Gasteiger partial charge in [-0.15, -0.1) is 0 Å². The molecule has 1 N–H and O–H groups in total. The van der Waals surface area contributed by atoms with Crippen LogP contribution in [0.5, 0.6) is 5.75 Å². The molecule has 7 heteroatoms. The maximum Gasteiger partial charge on any atom is 0.263 e. The van der Waals surface area contributed by atoms with Crippen molar-refractivity contribution in [2.45, 2.75) is 45.4 Å². The molecule has 1 aliphatic rings. The average Bonchev–Trinajstić information content (AvgIpc) is 3.27. The zero-order chi connectivity index (χ0) is 21.8. The summed E-state index contributed by atoms with van der Waals surface area (Å²) in [6, 6.07) is 14.8. The molecule has 1 saturated heterocycles. The molecule has 4 rings (SSSR count). The number of carbonyl (C=O) groups is 1. The van der Waals surface area contributed by atoms with Gasteiger partial charge in [0.2, 0.25) is 0 Å². The number of aryl methyl sites for hydroxylation is 1. The van der Waals surface area contributed by atoms with Crippen LogP contribution in [0, 0.1) is 6.92 Å². The lowest BCUT2D eigenvalue weighted by atomic mass is 10.2. The van der Waals surface area contributed by atoms with Gasteiger partial charge in [-0.25, -0.2) is 4.98 Å². The van der Waals surface area contributed by atoms with Crippen LogP contribution in [-0.2, 0) is 16.1 Å². The van der Waals surface area contributed by atoms with Gasteiger partial charge in [-0.05, 0) is 51.0 Å². The standard InChI is InChI=1S/C24H27N3O4/c1-16-9-11-18(12-10-16)31-17(2)24(29)27(14-19-6-5-13-30-19)15-22-25-21-8-4-3-7-20(21)23(28)26-22/h3-4,7-12,17,19H,5-6,13-15H2,1-2H3,(H,25,26,28). The summed E-state index contributed by atoms with van der Waals surface area (Å²) in [6.07, 6.45) is 1.17. The minimum atomic E-state index is -0.684. The van der Waals surface area contributed by atoms with Gasteiger partial charge < -0.3 is 19.4 Å². The summed E-state index contributed by atoms with van der Waals surface area (Å²) in [7, 11) is 0. The molecule has 7 nitrogen and oxygen atoms in total. The lowest BCUT2D eigenvalue weighted by molar-refractivity contribution is -0.140. The van der Waals surface area contributed by atoms with E-state index in [1.54, 1.807) is 30.0 Å². The second-order valence-electron chi connectivity index (χ2n) is 7.96. The summed E-state index contributed by atoms with van der Waals surface area (Å²) >= 11 is 0. The number of para-hydroxylation sites is 1. The Bertz CT molecular complexity index is 1100. The van der Waals surface area contributed by atoms with Crippen molar-refractivity contribution in [1.82, 2.24) is 14.9 Å². The number of carbonyl (C=O) groups excluding carboxylic acids is 1. The lowest BCUT2D eigenvalue weighted by Crippen LogP contribution is -2.44. The largest absolute Gasteiger partial charge is 0.481 e. The third-order valence-electron chi connectivity index (χ3n) is 5.44. The second kappa shape index (κ2) is 9.31. The Hall–Kier alpha value is -3.19. The molecule has 162 valence electrons. The quantitative estimate of drug-likeness (QED) is 0.633. The smallest absolute Gasteiger partial charge is 0.263 e. The monoisotopic (exact) mass is 421 g/mol. The number of amides is 1. The molecule has 1 aliphatic heterocycles. The molecule has 1 aromatic heterocycles. The zero-order valence-electron chi connectivity index (χ0n) is 17.8.